The largest absolute Gasteiger partial charge is 0.481 e. The Labute approximate surface area is 85.1 Å². The van der Waals surface area contributed by atoms with Crippen LogP contribution < -0.4 is 0 Å². The summed E-state index contributed by atoms with van der Waals surface area (Å²) < 4.78 is 0. The molecule has 14 heavy (non-hydrogen) atoms. The number of carboxylic acids is 1. The zero-order valence-corrected chi connectivity index (χ0v) is 8.78. The molecule has 2 atom stereocenters. The molecule has 1 aliphatic heterocycles. The van der Waals surface area contributed by atoms with Crippen molar-refractivity contribution in [3.63, 3.8) is 0 Å². The van der Waals surface area contributed by atoms with E-state index in [2.05, 4.69) is 11.9 Å². The van der Waals surface area contributed by atoms with Crippen LogP contribution in [-0.4, -0.2) is 35.6 Å². The van der Waals surface area contributed by atoms with E-state index in [-0.39, 0.29) is 5.92 Å². The lowest BCUT2D eigenvalue weighted by atomic mass is 9.88. The summed E-state index contributed by atoms with van der Waals surface area (Å²) in [5.74, 6) is -0.0575. The number of hydrogen-bond donors (Lipinski definition) is 1. The van der Waals surface area contributed by atoms with Crippen LogP contribution in [0, 0.1) is 11.8 Å². The highest BCUT2D eigenvalue weighted by Crippen LogP contribution is 2.37. The molecule has 0 amide bonds. The standard InChI is InChI=1S/C11H19NO2/c1-12-7-6-9(11(13)14)10(12)8-4-2-3-5-8/h8-10H,2-7H2,1H3,(H,13,14). The second kappa shape index (κ2) is 3.89. The Balaban J connectivity index is 2.08. The molecule has 3 nitrogen and oxygen atoms in total. The topological polar surface area (TPSA) is 40.5 Å². The van der Waals surface area contributed by atoms with E-state index < -0.39 is 5.97 Å². The fourth-order valence-corrected chi connectivity index (χ4v) is 3.23. The fourth-order valence-electron chi connectivity index (χ4n) is 3.23. The van der Waals surface area contributed by atoms with Crippen LogP contribution in [0.15, 0.2) is 0 Å². The van der Waals surface area contributed by atoms with E-state index in [4.69, 9.17) is 5.11 Å². The number of nitrogens with zero attached hydrogens (tertiary/aromatic N) is 1. The molecular weight excluding hydrogens is 178 g/mol. The lowest BCUT2D eigenvalue weighted by Gasteiger charge is -2.28. The quantitative estimate of drug-likeness (QED) is 0.730. The van der Waals surface area contributed by atoms with Crippen LogP contribution in [0.25, 0.3) is 0 Å². The molecule has 3 heteroatoms. The van der Waals surface area contributed by atoms with Gasteiger partial charge in [-0.05, 0) is 38.8 Å². The van der Waals surface area contributed by atoms with Crippen molar-refractivity contribution in [2.45, 2.75) is 38.1 Å². The molecule has 0 radical (unpaired) electrons. The van der Waals surface area contributed by atoms with Gasteiger partial charge in [-0.2, -0.15) is 0 Å². The maximum absolute atomic E-state index is 11.1. The number of hydrogen-bond acceptors (Lipinski definition) is 2. The van der Waals surface area contributed by atoms with Crippen LogP contribution in [0.2, 0.25) is 0 Å². The van der Waals surface area contributed by atoms with Gasteiger partial charge in [0, 0.05) is 6.04 Å². The van der Waals surface area contributed by atoms with Crippen molar-refractivity contribution in [2.24, 2.45) is 11.8 Å². The molecule has 1 saturated carbocycles. The number of likely N-dealkylation sites (tertiary alicyclic amines) is 1. The van der Waals surface area contributed by atoms with Gasteiger partial charge >= 0.3 is 5.97 Å². The predicted molar refractivity (Wildman–Crippen MR) is 54.1 cm³/mol. The second-order valence-electron chi connectivity index (χ2n) is 4.75. The van der Waals surface area contributed by atoms with E-state index in [0.29, 0.717) is 12.0 Å². The van der Waals surface area contributed by atoms with Gasteiger partial charge < -0.3 is 10.0 Å². The summed E-state index contributed by atoms with van der Waals surface area (Å²) in [6.07, 6.45) is 5.90. The fraction of sp³-hybridized carbons (Fsp3) is 0.909. The molecule has 2 unspecified atom stereocenters. The van der Waals surface area contributed by atoms with Crippen LogP contribution >= 0.6 is 0 Å². The van der Waals surface area contributed by atoms with E-state index in [9.17, 15) is 4.79 Å². The first-order valence-electron chi connectivity index (χ1n) is 5.63. The molecular formula is C11H19NO2. The first kappa shape index (κ1) is 9.97. The van der Waals surface area contributed by atoms with Crippen molar-refractivity contribution in [1.29, 1.82) is 0 Å². The number of rotatable bonds is 2. The highest BCUT2D eigenvalue weighted by atomic mass is 16.4. The molecule has 1 N–H and O–H groups in total. The zero-order valence-electron chi connectivity index (χ0n) is 8.78. The summed E-state index contributed by atoms with van der Waals surface area (Å²) in [6, 6.07) is 0.315. The molecule has 0 aromatic rings. The number of carboxylic acid groups (broad SMARTS) is 1. The third-order valence-electron chi connectivity index (χ3n) is 3.91. The maximum atomic E-state index is 11.1. The van der Waals surface area contributed by atoms with Crippen molar-refractivity contribution < 1.29 is 9.90 Å². The Kier molecular flexibility index (Phi) is 2.77. The highest BCUT2D eigenvalue weighted by Gasteiger charge is 2.41. The van der Waals surface area contributed by atoms with E-state index in [0.717, 1.165) is 13.0 Å². The van der Waals surface area contributed by atoms with Gasteiger partial charge in [0.1, 0.15) is 0 Å². The van der Waals surface area contributed by atoms with Gasteiger partial charge in [0.25, 0.3) is 0 Å². The molecule has 0 bridgehead atoms. The molecule has 1 heterocycles. The summed E-state index contributed by atoms with van der Waals surface area (Å²) >= 11 is 0. The second-order valence-corrected chi connectivity index (χ2v) is 4.75. The summed E-state index contributed by atoms with van der Waals surface area (Å²) in [6.45, 7) is 0.956. The van der Waals surface area contributed by atoms with Gasteiger partial charge in [-0.25, -0.2) is 0 Å². The molecule has 2 fully saturated rings. The van der Waals surface area contributed by atoms with Crippen molar-refractivity contribution >= 4 is 5.97 Å². The van der Waals surface area contributed by atoms with Crippen LogP contribution in [0.1, 0.15) is 32.1 Å². The zero-order chi connectivity index (χ0) is 10.1. The predicted octanol–water partition coefficient (Wildman–Crippen LogP) is 1.58. The first-order chi connectivity index (χ1) is 6.70. The average Bonchev–Trinajstić information content (AvgIpc) is 2.71. The molecule has 80 valence electrons. The summed E-state index contributed by atoms with van der Waals surface area (Å²) in [5.41, 5.74) is 0. The van der Waals surface area contributed by atoms with Crippen molar-refractivity contribution in [2.75, 3.05) is 13.6 Å². The van der Waals surface area contributed by atoms with Crippen LogP contribution in [-0.2, 0) is 4.79 Å². The third kappa shape index (κ3) is 1.65. The molecule has 0 spiro atoms. The molecule has 0 aromatic heterocycles. The molecule has 1 aliphatic carbocycles. The van der Waals surface area contributed by atoms with E-state index in [1.54, 1.807) is 0 Å². The lowest BCUT2D eigenvalue weighted by molar-refractivity contribution is -0.143. The van der Waals surface area contributed by atoms with Gasteiger partial charge in [-0.1, -0.05) is 12.8 Å². The average molecular weight is 197 g/mol. The minimum atomic E-state index is -0.591. The third-order valence-corrected chi connectivity index (χ3v) is 3.91. The Hall–Kier alpha value is -0.570. The van der Waals surface area contributed by atoms with Crippen molar-refractivity contribution in [3.05, 3.63) is 0 Å². The van der Waals surface area contributed by atoms with Crippen molar-refractivity contribution in [1.82, 2.24) is 4.90 Å². The van der Waals surface area contributed by atoms with Gasteiger partial charge in [-0.3, -0.25) is 4.79 Å². The lowest BCUT2D eigenvalue weighted by Crippen LogP contribution is -2.38. The van der Waals surface area contributed by atoms with E-state index in [1.807, 2.05) is 0 Å². The minimum absolute atomic E-state index is 0.108. The van der Waals surface area contributed by atoms with Gasteiger partial charge in [-0.15, -0.1) is 0 Å². The normalized spacial score (nSPS) is 35.2. The highest BCUT2D eigenvalue weighted by molar-refractivity contribution is 5.71. The van der Waals surface area contributed by atoms with Gasteiger partial charge in [0.2, 0.25) is 0 Å². The number of carbonyl (C=O) groups is 1. The molecule has 2 aliphatic rings. The Morgan fingerprint density at radius 3 is 2.50 bits per heavy atom. The van der Waals surface area contributed by atoms with Crippen LogP contribution in [0.4, 0.5) is 0 Å². The first-order valence-corrected chi connectivity index (χ1v) is 5.63. The van der Waals surface area contributed by atoms with Crippen molar-refractivity contribution in [3.8, 4) is 0 Å². The van der Waals surface area contributed by atoms with Gasteiger partial charge in [0.05, 0.1) is 5.92 Å². The summed E-state index contributed by atoms with van der Waals surface area (Å²) in [4.78, 5) is 13.3. The summed E-state index contributed by atoms with van der Waals surface area (Å²) in [5, 5.41) is 9.14. The SMILES string of the molecule is CN1CCC(C(=O)O)C1C1CCCC1. The maximum Gasteiger partial charge on any atom is 0.308 e. The minimum Gasteiger partial charge on any atom is -0.481 e. The monoisotopic (exact) mass is 197 g/mol. The molecule has 1 saturated heterocycles. The van der Waals surface area contributed by atoms with E-state index in [1.165, 1.54) is 25.7 Å². The Bertz CT molecular complexity index is 223. The van der Waals surface area contributed by atoms with Crippen LogP contribution in [0.5, 0.6) is 0 Å². The Morgan fingerprint density at radius 2 is 1.93 bits per heavy atom. The molecule has 2 rings (SSSR count). The van der Waals surface area contributed by atoms with Crippen LogP contribution in [0.3, 0.4) is 0 Å². The van der Waals surface area contributed by atoms with Gasteiger partial charge in [0.15, 0.2) is 0 Å². The smallest absolute Gasteiger partial charge is 0.308 e. The summed E-state index contributed by atoms with van der Waals surface area (Å²) in [7, 11) is 2.08. The molecule has 0 aromatic carbocycles. The van der Waals surface area contributed by atoms with E-state index >= 15 is 0 Å². The number of aliphatic carboxylic acids is 1. The Morgan fingerprint density at radius 1 is 1.29 bits per heavy atom.